The third-order valence-corrected chi connectivity index (χ3v) is 5.76. The third-order valence-electron chi connectivity index (χ3n) is 5.76. The maximum Gasteiger partial charge on any atom is 0.169 e. The SMILES string of the molecule is Cc1nnc(N2CCCC(CN3CCC(C)CC3)C2)c(C#N)c1C. The van der Waals surface area contributed by atoms with Crippen LogP contribution in [0, 0.1) is 37.0 Å². The van der Waals surface area contributed by atoms with Crippen LogP contribution in [0.5, 0.6) is 0 Å². The number of nitrogens with zero attached hydrogens (tertiary/aromatic N) is 5. The molecule has 0 spiro atoms. The van der Waals surface area contributed by atoms with Crippen molar-refractivity contribution in [2.24, 2.45) is 11.8 Å². The summed E-state index contributed by atoms with van der Waals surface area (Å²) in [5, 5.41) is 18.2. The van der Waals surface area contributed by atoms with Gasteiger partial charge in [0.2, 0.25) is 0 Å². The standard InChI is InChI=1S/C19H29N5/c1-14-6-9-23(10-7-14)12-17-5-4-8-24(13-17)19-18(11-20)15(2)16(3)21-22-19/h14,17H,4-10,12-13H2,1-3H3. The van der Waals surface area contributed by atoms with Crippen molar-refractivity contribution in [3.63, 3.8) is 0 Å². The van der Waals surface area contributed by atoms with Crippen LogP contribution in [-0.4, -0.2) is 47.8 Å². The minimum atomic E-state index is 0.669. The molecule has 0 aliphatic carbocycles. The molecule has 0 N–H and O–H groups in total. The molecule has 0 bridgehead atoms. The lowest BCUT2D eigenvalue weighted by Crippen LogP contribution is -2.43. The molecule has 2 saturated heterocycles. The van der Waals surface area contributed by atoms with Crippen molar-refractivity contribution in [2.75, 3.05) is 37.6 Å². The van der Waals surface area contributed by atoms with Crippen molar-refractivity contribution in [2.45, 2.75) is 46.5 Å². The van der Waals surface area contributed by atoms with E-state index in [2.05, 4.69) is 33.0 Å². The smallest absolute Gasteiger partial charge is 0.169 e. The molecule has 3 heterocycles. The summed E-state index contributed by atoms with van der Waals surface area (Å²) in [6, 6.07) is 2.35. The summed E-state index contributed by atoms with van der Waals surface area (Å²) in [4.78, 5) is 4.92. The Morgan fingerprint density at radius 3 is 2.58 bits per heavy atom. The second kappa shape index (κ2) is 7.48. The zero-order chi connectivity index (χ0) is 17.1. The van der Waals surface area contributed by atoms with Crippen molar-refractivity contribution in [3.05, 3.63) is 16.8 Å². The molecule has 0 amide bonds. The number of rotatable bonds is 3. The fraction of sp³-hybridized carbons (Fsp3) is 0.737. The van der Waals surface area contributed by atoms with E-state index < -0.39 is 0 Å². The topological polar surface area (TPSA) is 56.1 Å². The number of hydrogen-bond donors (Lipinski definition) is 0. The molecule has 1 atom stereocenters. The Morgan fingerprint density at radius 2 is 1.88 bits per heavy atom. The van der Waals surface area contributed by atoms with Crippen molar-refractivity contribution < 1.29 is 0 Å². The van der Waals surface area contributed by atoms with Crippen LogP contribution in [0.4, 0.5) is 5.82 Å². The molecule has 130 valence electrons. The summed E-state index contributed by atoms with van der Waals surface area (Å²) in [6.45, 7) is 11.9. The van der Waals surface area contributed by atoms with Gasteiger partial charge in [0.1, 0.15) is 11.6 Å². The average Bonchev–Trinajstić information content (AvgIpc) is 2.59. The normalized spacial score (nSPS) is 23.2. The van der Waals surface area contributed by atoms with Crippen LogP contribution in [0.2, 0.25) is 0 Å². The van der Waals surface area contributed by atoms with Crippen molar-refractivity contribution in [1.29, 1.82) is 5.26 Å². The van der Waals surface area contributed by atoms with Crippen molar-refractivity contribution in [3.8, 4) is 6.07 Å². The first-order valence-corrected chi connectivity index (χ1v) is 9.29. The second-order valence-corrected chi connectivity index (χ2v) is 7.66. The zero-order valence-electron chi connectivity index (χ0n) is 15.3. The van der Waals surface area contributed by atoms with Crippen LogP contribution in [0.25, 0.3) is 0 Å². The summed E-state index contributed by atoms with van der Waals surface area (Å²) in [7, 11) is 0. The van der Waals surface area contributed by atoms with Gasteiger partial charge in [-0.1, -0.05) is 6.92 Å². The maximum atomic E-state index is 9.55. The number of piperidine rings is 2. The van der Waals surface area contributed by atoms with Crippen LogP contribution >= 0.6 is 0 Å². The van der Waals surface area contributed by atoms with E-state index in [4.69, 9.17) is 0 Å². The van der Waals surface area contributed by atoms with Crippen LogP contribution in [0.15, 0.2) is 0 Å². The highest BCUT2D eigenvalue weighted by atomic mass is 15.3. The Bertz CT molecular complexity index is 613. The lowest BCUT2D eigenvalue weighted by molar-refractivity contribution is 0.159. The molecule has 0 radical (unpaired) electrons. The number of aromatic nitrogens is 2. The number of likely N-dealkylation sites (tertiary alicyclic amines) is 1. The van der Waals surface area contributed by atoms with E-state index in [1.807, 2.05) is 13.8 Å². The van der Waals surface area contributed by atoms with Crippen molar-refractivity contribution in [1.82, 2.24) is 15.1 Å². The molecule has 24 heavy (non-hydrogen) atoms. The van der Waals surface area contributed by atoms with E-state index >= 15 is 0 Å². The van der Waals surface area contributed by atoms with Gasteiger partial charge in [0.05, 0.1) is 5.69 Å². The quantitative estimate of drug-likeness (QED) is 0.854. The molecule has 5 nitrogen and oxygen atoms in total. The molecule has 2 aliphatic heterocycles. The van der Waals surface area contributed by atoms with E-state index in [1.54, 1.807) is 0 Å². The number of aryl methyl sites for hydroxylation is 1. The molecular formula is C19H29N5. The maximum absolute atomic E-state index is 9.55. The number of hydrogen-bond acceptors (Lipinski definition) is 5. The predicted octanol–water partition coefficient (Wildman–Crippen LogP) is 2.91. The molecule has 1 aromatic heterocycles. The van der Waals surface area contributed by atoms with Gasteiger partial charge in [-0.05, 0) is 70.0 Å². The average molecular weight is 327 g/mol. The lowest BCUT2D eigenvalue weighted by atomic mass is 9.94. The minimum absolute atomic E-state index is 0.669. The molecule has 3 rings (SSSR count). The number of nitriles is 1. The van der Waals surface area contributed by atoms with E-state index in [-0.39, 0.29) is 0 Å². The molecule has 2 aliphatic rings. The van der Waals surface area contributed by atoms with Gasteiger partial charge in [0.25, 0.3) is 0 Å². The molecule has 1 aromatic rings. The van der Waals surface area contributed by atoms with Gasteiger partial charge >= 0.3 is 0 Å². The predicted molar refractivity (Wildman–Crippen MR) is 96.0 cm³/mol. The summed E-state index contributed by atoms with van der Waals surface area (Å²) in [5.74, 6) is 2.34. The zero-order valence-corrected chi connectivity index (χ0v) is 15.3. The van der Waals surface area contributed by atoms with Gasteiger partial charge in [-0.25, -0.2) is 0 Å². The first-order valence-electron chi connectivity index (χ1n) is 9.29. The Morgan fingerprint density at radius 1 is 1.12 bits per heavy atom. The fourth-order valence-electron chi connectivity index (χ4n) is 3.97. The van der Waals surface area contributed by atoms with E-state index in [9.17, 15) is 5.26 Å². The van der Waals surface area contributed by atoms with Gasteiger partial charge in [-0.2, -0.15) is 10.4 Å². The van der Waals surface area contributed by atoms with Gasteiger partial charge in [-0.3, -0.25) is 0 Å². The van der Waals surface area contributed by atoms with Crippen molar-refractivity contribution >= 4 is 5.82 Å². The van der Waals surface area contributed by atoms with Crippen LogP contribution in [-0.2, 0) is 0 Å². The monoisotopic (exact) mass is 327 g/mol. The van der Waals surface area contributed by atoms with Gasteiger partial charge in [0.15, 0.2) is 5.82 Å². The molecule has 5 heteroatoms. The highest BCUT2D eigenvalue weighted by Crippen LogP contribution is 2.27. The van der Waals surface area contributed by atoms with Crippen LogP contribution in [0.1, 0.15) is 49.4 Å². The molecular weight excluding hydrogens is 298 g/mol. The largest absolute Gasteiger partial charge is 0.354 e. The summed E-state index contributed by atoms with van der Waals surface area (Å²) >= 11 is 0. The Balaban J connectivity index is 1.68. The Labute approximate surface area is 145 Å². The van der Waals surface area contributed by atoms with Crippen LogP contribution < -0.4 is 4.90 Å². The van der Waals surface area contributed by atoms with Gasteiger partial charge < -0.3 is 9.80 Å². The summed E-state index contributed by atoms with van der Waals surface area (Å²) in [5.41, 5.74) is 2.52. The molecule has 0 saturated carbocycles. The van der Waals surface area contributed by atoms with Gasteiger partial charge in [0, 0.05) is 19.6 Å². The molecule has 0 aromatic carbocycles. The Kier molecular flexibility index (Phi) is 5.35. The van der Waals surface area contributed by atoms with E-state index in [1.165, 1.54) is 45.3 Å². The highest BCUT2D eigenvalue weighted by molar-refractivity contribution is 5.57. The number of anilines is 1. The minimum Gasteiger partial charge on any atom is -0.354 e. The molecule has 1 unspecified atom stereocenters. The van der Waals surface area contributed by atoms with E-state index in [0.29, 0.717) is 11.5 Å². The highest BCUT2D eigenvalue weighted by Gasteiger charge is 2.27. The lowest BCUT2D eigenvalue weighted by Gasteiger charge is -2.38. The third kappa shape index (κ3) is 3.70. The van der Waals surface area contributed by atoms with Crippen LogP contribution in [0.3, 0.4) is 0 Å². The first-order chi connectivity index (χ1) is 11.6. The van der Waals surface area contributed by atoms with Gasteiger partial charge in [-0.15, -0.1) is 5.10 Å². The Hall–Kier alpha value is -1.67. The first kappa shape index (κ1) is 17.2. The second-order valence-electron chi connectivity index (χ2n) is 7.66. The summed E-state index contributed by atoms with van der Waals surface area (Å²) in [6.07, 6.45) is 5.12. The fourth-order valence-corrected chi connectivity index (χ4v) is 3.97. The van der Waals surface area contributed by atoms with E-state index in [0.717, 1.165) is 36.1 Å². The summed E-state index contributed by atoms with van der Waals surface area (Å²) < 4.78 is 0. The molecule has 2 fully saturated rings.